The van der Waals surface area contributed by atoms with Gasteiger partial charge in [0.1, 0.15) is 23.7 Å². The lowest BCUT2D eigenvalue weighted by Crippen LogP contribution is -2.50. The smallest absolute Gasteiger partial charge is 0.407 e. The monoisotopic (exact) mass is 822 g/mol. The Morgan fingerprint density at radius 1 is 0.738 bits per heavy atom. The molecule has 3 aromatic heterocycles. The number of carboxylic acid groups (broad SMARTS) is 1. The highest BCUT2D eigenvalue weighted by Crippen LogP contribution is 2.37. The zero-order valence-corrected chi connectivity index (χ0v) is 35.2. The van der Waals surface area contributed by atoms with E-state index in [1.165, 1.54) is 7.05 Å². The summed E-state index contributed by atoms with van der Waals surface area (Å²) < 4.78 is 1.78. The van der Waals surface area contributed by atoms with E-state index in [1.54, 1.807) is 28.2 Å². The number of benzene rings is 3. The highest BCUT2D eigenvalue weighted by atomic mass is 16.4. The number of likely N-dealkylation sites (tertiary alicyclic amines) is 2. The minimum absolute atomic E-state index is 0.104. The summed E-state index contributed by atoms with van der Waals surface area (Å²) in [6, 6.07) is 25.1. The first-order chi connectivity index (χ1) is 29.6. The maximum atomic E-state index is 14.2. The fraction of sp³-hybridized carbons (Fsp3) is 0.362. The molecule has 3 aromatic carbocycles. The zero-order valence-electron chi connectivity index (χ0n) is 35.2. The fourth-order valence-corrected chi connectivity index (χ4v) is 9.00. The number of aromatic amines is 2. The summed E-state index contributed by atoms with van der Waals surface area (Å²) in [7, 11) is 3.27. The molecule has 61 heavy (non-hydrogen) atoms. The Labute approximate surface area is 356 Å². The molecular weight excluding hydrogens is 769 g/mol. The highest BCUT2D eigenvalue weighted by molar-refractivity contribution is 5.86. The van der Waals surface area contributed by atoms with Crippen LogP contribution in [-0.4, -0.2) is 111 Å². The molecule has 5 heterocycles. The number of aryl methyl sites for hydroxylation is 1. The van der Waals surface area contributed by atoms with Crippen LogP contribution in [0.2, 0.25) is 0 Å². The third-order valence-electron chi connectivity index (χ3n) is 12.4. The molecular formula is C47H54N10O4. The number of amides is 3. The molecule has 6 aromatic rings. The van der Waals surface area contributed by atoms with Gasteiger partial charge in [-0.25, -0.2) is 19.7 Å². The Bertz CT molecular complexity index is 2440. The number of aromatic nitrogens is 6. The number of likely N-dealkylation sites (N-methyl/N-ethyl adjacent to an activating group) is 2. The van der Waals surface area contributed by atoms with Crippen LogP contribution in [0.3, 0.4) is 0 Å². The third kappa shape index (κ3) is 8.58. The van der Waals surface area contributed by atoms with Gasteiger partial charge in [0, 0.05) is 39.8 Å². The predicted molar refractivity (Wildman–Crippen MR) is 233 cm³/mol. The van der Waals surface area contributed by atoms with Gasteiger partial charge in [-0.3, -0.25) is 19.4 Å². The van der Waals surface area contributed by atoms with E-state index >= 15 is 0 Å². The molecule has 14 heteroatoms. The van der Waals surface area contributed by atoms with Gasteiger partial charge in [-0.15, -0.1) is 0 Å². The van der Waals surface area contributed by atoms with E-state index in [2.05, 4.69) is 94.4 Å². The van der Waals surface area contributed by atoms with Crippen molar-refractivity contribution in [2.75, 3.05) is 33.2 Å². The second-order valence-electron chi connectivity index (χ2n) is 16.1. The van der Waals surface area contributed by atoms with Gasteiger partial charge in [-0.05, 0) is 66.6 Å². The summed E-state index contributed by atoms with van der Waals surface area (Å²) in [4.78, 5) is 68.1. The average molecular weight is 823 g/mol. The van der Waals surface area contributed by atoms with Crippen molar-refractivity contribution in [3.05, 3.63) is 127 Å². The standard InChI is InChI=1S/C47H54N10O4/c1-5-55(6-2)42(35-12-8-7-9-13-35)46(59)57-25-11-15-40(57)44-49-28-38(52-44)34-22-18-32(19-23-34)31-16-20-33(21-17-31)37-27-48-43(51-37)39-14-10-24-56(39)45(58)41(54(4)47(60)61)26-36-29-53(3)30-50-36/h7-9,12-13,16-23,27-30,39-42H,5-6,10-11,14-15,24-26H2,1-4H3,(H,48,51)(H,49,52)(H,60,61)/t39-,40-,41-,42+/m0/s1. The van der Waals surface area contributed by atoms with E-state index in [9.17, 15) is 19.5 Å². The number of carbonyl (C=O) groups is 3. The van der Waals surface area contributed by atoms with E-state index in [-0.39, 0.29) is 36.4 Å². The summed E-state index contributed by atoms with van der Waals surface area (Å²) in [6.45, 7) is 7.02. The molecule has 4 atom stereocenters. The molecule has 0 unspecified atom stereocenters. The SMILES string of the molecule is CCN(CC)[C@@H](C(=O)N1CCC[C@H]1c1ncc(-c2ccc(-c3ccc(-c4cnc([C@@H]5CCCN5C(=O)[C@H](Cc5cn(C)cn5)N(C)C(=O)O)[nH]4)cc3)cc2)[nH]1)c1ccccc1. The minimum Gasteiger partial charge on any atom is -0.465 e. The first-order valence-corrected chi connectivity index (χ1v) is 21.3. The number of rotatable bonds is 14. The second-order valence-corrected chi connectivity index (χ2v) is 16.1. The van der Waals surface area contributed by atoms with E-state index < -0.39 is 12.1 Å². The van der Waals surface area contributed by atoms with Crippen LogP contribution >= 0.6 is 0 Å². The molecule has 2 fully saturated rings. The van der Waals surface area contributed by atoms with Gasteiger partial charge in [0.25, 0.3) is 0 Å². The maximum Gasteiger partial charge on any atom is 0.407 e. The number of nitrogens with zero attached hydrogens (tertiary/aromatic N) is 8. The first-order valence-electron chi connectivity index (χ1n) is 21.3. The summed E-state index contributed by atoms with van der Waals surface area (Å²) in [6.07, 6.45) is 9.45. The van der Waals surface area contributed by atoms with E-state index in [4.69, 9.17) is 9.97 Å². The molecule has 2 aliphatic rings. The van der Waals surface area contributed by atoms with Crippen LogP contribution in [0.25, 0.3) is 33.6 Å². The van der Waals surface area contributed by atoms with Crippen molar-refractivity contribution >= 4 is 17.9 Å². The van der Waals surface area contributed by atoms with Crippen molar-refractivity contribution in [1.29, 1.82) is 0 Å². The Morgan fingerprint density at radius 2 is 1.25 bits per heavy atom. The van der Waals surface area contributed by atoms with Crippen LogP contribution in [-0.2, 0) is 23.1 Å². The van der Waals surface area contributed by atoms with Crippen molar-refractivity contribution < 1.29 is 19.5 Å². The van der Waals surface area contributed by atoms with Gasteiger partial charge in [-0.2, -0.15) is 0 Å². The molecule has 0 bridgehead atoms. The predicted octanol–water partition coefficient (Wildman–Crippen LogP) is 7.50. The quantitative estimate of drug-likeness (QED) is 0.102. The summed E-state index contributed by atoms with van der Waals surface area (Å²) in [5.74, 6) is 1.37. The van der Waals surface area contributed by atoms with Crippen LogP contribution in [0.15, 0.2) is 104 Å². The van der Waals surface area contributed by atoms with Crippen LogP contribution < -0.4 is 0 Å². The summed E-state index contributed by atoms with van der Waals surface area (Å²) in [5.41, 5.74) is 7.54. The van der Waals surface area contributed by atoms with Gasteiger partial charge in [0.15, 0.2) is 0 Å². The number of imidazole rings is 3. The molecule has 0 aliphatic carbocycles. The normalized spacial score (nSPS) is 17.5. The van der Waals surface area contributed by atoms with Gasteiger partial charge >= 0.3 is 6.09 Å². The lowest BCUT2D eigenvalue weighted by atomic mass is 10.0. The molecule has 316 valence electrons. The Hall–Kier alpha value is -6.54. The maximum absolute atomic E-state index is 14.2. The molecule has 0 saturated carbocycles. The number of hydrogen-bond donors (Lipinski definition) is 3. The van der Waals surface area contributed by atoms with Gasteiger partial charge < -0.3 is 29.4 Å². The molecule has 0 radical (unpaired) electrons. The van der Waals surface area contributed by atoms with Crippen molar-refractivity contribution in [2.45, 2.75) is 70.1 Å². The lowest BCUT2D eigenvalue weighted by molar-refractivity contribution is -0.138. The topological polar surface area (TPSA) is 160 Å². The fourth-order valence-electron chi connectivity index (χ4n) is 9.00. The van der Waals surface area contributed by atoms with Crippen molar-refractivity contribution in [3.8, 4) is 33.6 Å². The van der Waals surface area contributed by atoms with E-state index in [0.29, 0.717) is 24.6 Å². The van der Waals surface area contributed by atoms with Crippen LogP contribution in [0, 0.1) is 0 Å². The third-order valence-corrected chi connectivity index (χ3v) is 12.4. The first kappa shape index (κ1) is 41.2. The average Bonchev–Trinajstić information content (AvgIpc) is 4.15. The summed E-state index contributed by atoms with van der Waals surface area (Å²) in [5, 5.41) is 9.81. The van der Waals surface area contributed by atoms with E-state index in [0.717, 1.165) is 88.7 Å². The Morgan fingerprint density at radius 3 is 1.72 bits per heavy atom. The van der Waals surface area contributed by atoms with E-state index in [1.807, 2.05) is 36.3 Å². The molecule has 3 N–H and O–H groups in total. The molecule has 8 rings (SSSR count). The lowest BCUT2D eigenvalue weighted by Gasteiger charge is -2.34. The van der Waals surface area contributed by atoms with Gasteiger partial charge in [0.05, 0.1) is 47.9 Å². The Kier molecular flexibility index (Phi) is 12.1. The summed E-state index contributed by atoms with van der Waals surface area (Å²) >= 11 is 0. The van der Waals surface area contributed by atoms with Gasteiger partial charge in [-0.1, -0.05) is 92.7 Å². The van der Waals surface area contributed by atoms with Crippen LogP contribution in [0.4, 0.5) is 4.79 Å². The van der Waals surface area contributed by atoms with Crippen molar-refractivity contribution in [1.82, 2.24) is 49.1 Å². The van der Waals surface area contributed by atoms with Crippen LogP contribution in [0.1, 0.15) is 80.6 Å². The highest BCUT2D eigenvalue weighted by Gasteiger charge is 2.40. The molecule has 14 nitrogen and oxygen atoms in total. The van der Waals surface area contributed by atoms with Gasteiger partial charge in [0.2, 0.25) is 11.8 Å². The van der Waals surface area contributed by atoms with Crippen LogP contribution in [0.5, 0.6) is 0 Å². The van der Waals surface area contributed by atoms with Crippen molar-refractivity contribution in [2.24, 2.45) is 7.05 Å². The number of H-pyrrole nitrogens is 2. The largest absolute Gasteiger partial charge is 0.465 e. The zero-order chi connectivity index (χ0) is 42.6. The Balaban J connectivity index is 0.929. The number of hydrogen-bond acceptors (Lipinski definition) is 7. The number of carbonyl (C=O) groups excluding carboxylic acids is 2. The molecule has 0 spiro atoms. The molecule has 2 saturated heterocycles. The molecule has 2 aliphatic heterocycles. The number of nitrogens with one attached hydrogen (secondary N) is 2. The van der Waals surface area contributed by atoms with Crippen molar-refractivity contribution in [3.63, 3.8) is 0 Å². The second kappa shape index (κ2) is 18.0. The minimum atomic E-state index is -1.17. The molecule has 3 amide bonds.